The van der Waals surface area contributed by atoms with Crippen molar-refractivity contribution < 1.29 is 19.2 Å². The minimum absolute atomic E-state index is 0.108. The number of carbonyl (C=O) groups excluding carboxylic acids is 2. The Hall–Kier alpha value is -3.00. The molecule has 4 rings (SSSR count). The summed E-state index contributed by atoms with van der Waals surface area (Å²) in [6, 6.07) is 8.78. The monoisotopic (exact) mass is 326 g/mol. The average Bonchev–Trinajstić information content (AvgIpc) is 3.20. The van der Waals surface area contributed by atoms with Crippen molar-refractivity contribution in [1.82, 2.24) is 9.96 Å². The molecule has 0 aromatic heterocycles. The molecule has 0 radical (unpaired) electrons. The highest BCUT2D eigenvalue weighted by molar-refractivity contribution is 5.97. The van der Waals surface area contributed by atoms with E-state index >= 15 is 0 Å². The standard InChI is InChI=1S/C16H14N4O4/c1-23-15(21)14-13-11(7-17-18-13)12-8-19(14)16(22)20(12)24-9-10-5-3-2-4-6-10/h2-7,12H,8-9H2,1H3. The number of hydrogen-bond donors (Lipinski definition) is 0. The number of fused-ring (bicyclic) bond motifs is 4. The Morgan fingerprint density at radius 3 is 2.88 bits per heavy atom. The number of hydroxylamine groups is 2. The van der Waals surface area contributed by atoms with Crippen LogP contribution in [0.25, 0.3) is 0 Å². The smallest absolute Gasteiger partial charge is 0.357 e. The fourth-order valence-electron chi connectivity index (χ4n) is 2.98. The van der Waals surface area contributed by atoms with Gasteiger partial charge in [-0.1, -0.05) is 30.3 Å². The first kappa shape index (κ1) is 14.6. The Morgan fingerprint density at radius 1 is 1.33 bits per heavy atom. The molecule has 8 nitrogen and oxygen atoms in total. The van der Waals surface area contributed by atoms with E-state index in [1.54, 1.807) is 6.20 Å². The topological polar surface area (TPSA) is 83.8 Å². The zero-order chi connectivity index (χ0) is 16.7. The Kier molecular flexibility index (Phi) is 3.39. The van der Waals surface area contributed by atoms with E-state index in [9.17, 15) is 9.59 Å². The molecule has 1 saturated heterocycles. The zero-order valence-corrected chi connectivity index (χ0v) is 12.9. The van der Waals surface area contributed by atoms with Gasteiger partial charge in [0.05, 0.1) is 19.9 Å². The number of hydrogen-bond acceptors (Lipinski definition) is 6. The van der Waals surface area contributed by atoms with Gasteiger partial charge in [0.15, 0.2) is 5.70 Å². The molecule has 2 amide bonds. The second-order valence-corrected chi connectivity index (χ2v) is 5.48. The van der Waals surface area contributed by atoms with Crippen LogP contribution < -0.4 is 0 Å². The molecule has 0 aliphatic carbocycles. The molecular weight excluding hydrogens is 312 g/mol. The Labute approximate surface area is 137 Å². The lowest BCUT2D eigenvalue weighted by atomic mass is 10.0. The Morgan fingerprint density at radius 2 is 2.12 bits per heavy atom. The highest BCUT2D eigenvalue weighted by atomic mass is 16.7. The lowest BCUT2D eigenvalue weighted by Crippen LogP contribution is -2.35. The summed E-state index contributed by atoms with van der Waals surface area (Å²) in [5, 5.41) is 9.12. The van der Waals surface area contributed by atoms with E-state index in [0.717, 1.165) is 5.56 Å². The van der Waals surface area contributed by atoms with E-state index in [2.05, 4.69) is 10.2 Å². The summed E-state index contributed by atoms with van der Waals surface area (Å²) in [6.45, 7) is 0.555. The van der Waals surface area contributed by atoms with Crippen molar-refractivity contribution in [3.8, 4) is 0 Å². The summed E-state index contributed by atoms with van der Waals surface area (Å²) in [6.07, 6.45) is 1.55. The fourth-order valence-corrected chi connectivity index (χ4v) is 2.98. The van der Waals surface area contributed by atoms with Crippen LogP contribution in [0.2, 0.25) is 0 Å². The predicted molar refractivity (Wildman–Crippen MR) is 80.9 cm³/mol. The average molecular weight is 326 g/mol. The summed E-state index contributed by atoms with van der Waals surface area (Å²) in [5.41, 5.74) is 2.11. The lowest BCUT2D eigenvalue weighted by molar-refractivity contribution is -0.137. The molecule has 3 heterocycles. The van der Waals surface area contributed by atoms with Crippen LogP contribution in [-0.2, 0) is 21.0 Å². The maximum atomic E-state index is 12.7. The number of ether oxygens (including phenoxy) is 1. The molecule has 24 heavy (non-hydrogen) atoms. The maximum Gasteiger partial charge on any atom is 0.357 e. The van der Waals surface area contributed by atoms with E-state index in [-0.39, 0.29) is 18.3 Å². The van der Waals surface area contributed by atoms with E-state index in [0.29, 0.717) is 17.8 Å². The van der Waals surface area contributed by atoms with E-state index in [4.69, 9.17) is 9.57 Å². The number of azo groups is 1. The van der Waals surface area contributed by atoms with Gasteiger partial charge in [-0.2, -0.15) is 10.2 Å². The quantitative estimate of drug-likeness (QED) is 0.792. The van der Waals surface area contributed by atoms with E-state index in [1.165, 1.54) is 17.1 Å². The number of nitrogens with zero attached hydrogens (tertiary/aromatic N) is 4. The molecule has 3 aliphatic rings. The number of urea groups is 1. The molecule has 1 aromatic rings. The number of amides is 2. The second kappa shape index (κ2) is 5.57. The van der Waals surface area contributed by atoms with Crippen LogP contribution >= 0.6 is 0 Å². The summed E-state index contributed by atoms with van der Waals surface area (Å²) in [4.78, 5) is 31.8. The first-order chi connectivity index (χ1) is 11.7. The first-order valence-electron chi connectivity index (χ1n) is 7.42. The number of benzene rings is 1. The molecular formula is C16H14N4O4. The minimum atomic E-state index is -0.617. The molecule has 0 saturated carbocycles. The molecule has 0 spiro atoms. The Bertz CT molecular complexity index is 800. The summed E-state index contributed by atoms with van der Waals surface area (Å²) < 4.78 is 4.78. The minimum Gasteiger partial charge on any atom is -0.464 e. The number of carbonyl (C=O) groups is 2. The van der Waals surface area contributed by atoms with Crippen LogP contribution in [0.5, 0.6) is 0 Å². The molecule has 1 atom stereocenters. The lowest BCUT2D eigenvalue weighted by Gasteiger charge is -2.24. The maximum absolute atomic E-state index is 12.7. The van der Waals surface area contributed by atoms with Crippen LogP contribution in [-0.4, -0.2) is 41.7 Å². The third-order valence-corrected chi connectivity index (χ3v) is 4.13. The molecule has 3 aliphatic heterocycles. The number of methoxy groups -OCH3 is 1. The van der Waals surface area contributed by atoms with Gasteiger partial charge in [-0.05, 0) is 5.56 Å². The van der Waals surface area contributed by atoms with Crippen LogP contribution in [0, 0.1) is 0 Å². The normalized spacial score (nSPS) is 21.3. The number of rotatable bonds is 4. The van der Waals surface area contributed by atoms with Crippen LogP contribution in [0.4, 0.5) is 4.79 Å². The highest BCUT2D eigenvalue weighted by Gasteiger charge is 2.51. The predicted octanol–water partition coefficient (Wildman–Crippen LogP) is 1.97. The molecule has 2 bridgehead atoms. The summed E-state index contributed by atoms with van der Waals surface area (Å²) in [5.74, 6) is -0.617. The van der Waals surface area contributed by atoms with Crippen LogP contribution in [0.15, 0.2) is 63.7 Å². The van der Waals surface area contributed by atoms with E-state index in [1.807, 2.05) is 30.3 Å². The Balaban J connectivity index is 1.62. The van der Waals surface area contributed by atoms with Gasteiger partial charge in [0.25, 0.3) is 0 Å². The number of esters is 1. The molecule has 122 valence electrons. The third-order valence-electron chi connectivity index (χ3n) is 4.13. The van der Waals surface area contributed by atoms with Gasteiger partial charge in [-0.3, -0.25) is 9.74 Å². The molecule has 0 N–H and O–H groups in total. The largest absolute Gasteiger partial charge is 0.464 e. The highest BCUT2D eigenvalue weighted by Crippen LogP contribution is 2.40. The van der Waals surface area contributed by atoms with Crippen molar-refractivity contribution in [2.45, 2.75) is 12.6 Å². The van der Waals surface area contributed by atoms with Gasteiger partial charge in [-0.25, -0.2) is 9.59 Å². The van der Waals surface area contributed by atoms with Crippen molar-refractivity contribution in [3.63, 3.8) is 0 Å². The van der Waals surface area contributed by atoms with Crippen molar-refractivity contribution in [2.75, 3.05) is 13.7 Å². The van der Waals surface area contributed by atoms with Crippen molar-refractivity contribution in [2.24, 2.45) is 10.2 Å². The molecule has 8 heteroatoms. The van der Waals surface area contributed by atoms with Crippen LogP contribution in [0.1, 0.15) is 5.56 Å². The third kappa shape index (κ3) is 2.11. The van der Waals surface area contributed by atoms with Crippen molar-refractivity contribution in [1.29, 1.82) is 0 Å². The van der Waals surface area contributed by atoms with Gasteiger partial charge in [0.2, 0.25) is 0 Å². The SMILES string of the molecule is COC(=O)C1=C2N=NC=C2C2CN1C(=O)N2OCc1ccccc1. The summed E-state index contributed by atoms with van der Waals surface area (Å²) in [7, 11) is 1.27. The van der Waals surface area contributed by atoms with Gasteiger partial charge < -0.3 is 4.74 Å². The van der Waals surface area contributed by atoms with Gasteiger partial charge in [-0.15, -0.1) is 5.11 Å². The molecule has 1 unspecified atom stereocenters. The zero-order valence-electron chi connectivity index (χ0n) is 12.9. The van der Waals surface area contributed by atoms with Crippen molar-refractivity contribution in [3.05, 3.63) is 59.1 Å². The van der Waals surface area contributed by atoms with Crippen LogP contribution in [0.3, 0.4) is 0 Å². The van der Waals surface area contributed by atoms with Gasteiger partial charge in [0, 0.05) is 5.57 Å². The van der Waals surface area contributed by atoms with Gasteiger partial charge in [0.1, 0.15) is 18.3 Å². The summed E-state index contributed by atoms with van der Waals surface area (Å²) >= 11 is 0. The first-order valence-corrected chi connectivity index (χ1v) is 7.42. The second-order valence-electron chi connectivity index (χ2n) is 5.48. The van der Waals surface area contributed by atoms with Crippen molar-refractivity contribution >= 4 is 12.0 Å². The van der Waals surface area contributed by atoms with E-state index < -0.39 is 12.0 Å². The molecule has 1 fully saturated rings. The fraction of sp³-hybridized carbons (Fsp3) is 0.250. The molecule has 1 aromatic carbocycles. The van der Waals surface area contributed by atoms with Gasteiger partial charge >= 0.3 is 12.0 Å².